The number of hydrogen-bond donors (Lipinski definition) is 2. The van der Waals surface area contributed by atoms with Crippen molar-refractivity contribution in [3.63, 3.8) is 0 Å². The van der Waals surface area contributed by atoms with E-state index in [-0.39, 0.29) is 0 Å². The van der Waals surface area contributed by atoms with Crippen LogP contribution in [0.4, 0.5) is 0 Å². The summed E-state index contributed by atoms with van der Waals surface area (Å²) in [5.41, 5.74) is 5.80. The molecule has 0 unspecified atom stereocenters. The second-order valence-electron chi connectivity index (χ2n) is 4.54. The van der Waals surface area contributed by atoms with Gasteiger partial charge in [-0.05, 0) is 38.0 Å². The number of nitrogens with one attached hydrogen (secondary N) is 1. The van der Waals surface area contributed by atoms with Crippen molar-refractivity contribution in [2.75, 3.05) is 6.54 Å². The Labute approximate surface area is 93.5 Å². The number of nitrogens with two attached hydrogens (primary N) is 1. The van der Waals surface area contributed by atoms with Crippen LogP contribution in [0.3, 0.4) is 0 Å². The van der Waals surface area contributed by atoms with Crippen LogP contribution in [0.2, 0.25) is 0 Å². The number of guanidine groups is 1. The second kappa shape index (κ2) is 6.70. The van der Waals surface area contributed by atoms with Crippen LogP contribution in [0.25, 0.3) is 0 Å². The molecule has 3 nitrogen and oxygen atoms in total. The summed E-state index contributed by atoms with van der Waals surface area (Å²) in [5, 5.41) is 3.33. The van der Waals surface area contributed by atoms with Gasteiger partial charge < -0.3 is 11.1 Å². The smallest absolute Gasteiger partial charge is 0.188 e. The van der Waals surface area contributed by atoms with Gasteiger partial charge in [0.25, 0.3) is 0 Å². The van der Waals surface area contributed by atoms with Gasteiger partial charge in [0.1, 0.15) is 0 Å². The first-order valence-corrected chi connectivity index (χ1v) is 6.32. The van der Waals surface area contributed by atoms with E-state index in [4.69, 9.17) is 5.73 Å². The standard InChI is InChI=1S/C12H25N3/c1-3-9-14-12(13)15-11-7-5-10(4-2)6-8-11/h10-11H,3-9H2,1-2H3,(H3,13,14,15). The molecule has 0 radical (unpaired) electrons. The van der Waals surface area contributed by atoms with Gasteiger partial charge in [0, 0.05) is 12.6 Å². The highest BCUT2D eigenvalue weighted by molar-refractivity contribution is 5.78. The molecule has 15 heavy (non-hydrogen) atoms. The normalized spacial score (nSPS) is 27.7. The van der Waals surface area contributed by atoms with Crippen LogP contribution in [-0.4, -0.2) is 18.5 Å². The van der Waals surface area contributed by atoms with Crippen LogP contribution in [0.15, 0.2) is 4.99 Å². The highest BCUT2D eigenvalue weighted by atomic mass is 15.1. The Bertz CT molecular complexity index is 193. The minimum absolute atomic E-state index is 0.563. The molecule has 1 aliphatic carbocycles. The second-order valence-corrected chi connectivity index (χ2v) is 4.54. The summed E-state index contributed by atoms with van der Waals surface area (Å²) in [4.78, 5) is 4.26. The van der Waals surface area contributed by atoms with Gasteiger partial charge in [-0.15, -0.1) is 0 Å². The van der Waals surface area contributed by atoms with Crippen molar-refractivity contribution in [1.29, 1.82) is 0 Å². The Morgan fingerprint density at radius 2 is 1.93 bits per heavy atom. The number of rotatable bonds is 4. The maximum Gasteiger partial charge on any atom is 0.188 e. The zero-order chi connectivity index (χ0) is 11.1. The van der Waals surface area contributed by atoms with E-state index in [0.717, 1.165) is 18.9 Å². The lowest BCUT2D eigenvalue weighted by Crippen LogP contribution is -2.42. The van der Waals surface area contributed by atoms with Gasteiger partial charge in [-0.2, -0.15) is 0 Å². The van der Waals surface area contributed by atoms with E-state index in [0.29, 0.717) is 12.0 Å². The molecule has 0 aromatic heterocycles. The van der Waals surface area contributed by atoms with E-state index < -0.39 is 0 Å². The molecule has 0 amide bonds. The quantitative estimate of drug-likeness (QED) is 0.553. The van der Waals surface area contributed by atoms with Crippen molar-refractivity contribution in [1.82, 2.24) is 5.32 Å². The Morgan fingerprint density at radius 1 is 1.27 bits per heavy atom. The third kappa shape index (κ3) is 4.54. The predicted molar refractivity (Wildman–Crippen MR) is 66.0 cm³/mol. The summed E-state index contributed by atoms with van der Waals surface area (Å²) in [5.74, 6) is 1.58. The van der Waals surface area contributed by atoms with Crippen LogP contribution >= 0.6 is 0 Å². The van der Waals surface area contributed by atoms with Crippen molar-refractivity contribution < 1.29 is 0 Å². The average molecular weight is 211 g/mol. The lowest BCUT2D eigenvalue weighted by Gasteiger charge is -2.28. The van der Waals surface area contributed by atoms with Crippen molar-refractivity contribution in [3.05, 3.63) is 0 Å². The van der Waals surface area contributed by atoms with Crippen molar-refractivity contribution >= 4 is 5.96 Å². The third-order valence-electron chi connectivity index (χ3n) is 3.28. The molecule has 0 heterocycles. The Hall–Kier alpha value is -0.730. The average Bonchev–Trinajstić information content (AvgIpc) is 2.27. The van der Waals surface area contributed by atoms with E-state index >= 15 is 0 Å². The molecule has 1 saturated carbocycles. The van der Waals surface area contributed by atoms with Crippen molar-refractivity contribution in [2.24, 2.45) is 16.6 Å². The summed E-state index contributed by atoms with van der Waals surface area (Å²) in [6.07, 6.45) is 7.57. The van der Waals surface area contributed by atoms with Gasteiger partial charge in [-0.3, -0.25) is 4.99 Å². The monoisotopic (exact) mass is 211 g/mol. The van der Waals surface area contributed by atoms with E-state index in [1.165, 1.54) is 32.1 Å². The van der Waals surface area contributed by atoms with Gasteiger partial charge in [0.2, 0.25) is 0 Å². The first-order valence-electron chi connectivity index (χ1n) is 6.32. The van der Waals surface area contributed by atoms with Gasteiger partial charge in [0.05, 0.1) is 0 Å². The molecule has 3 heteroatoms. The third-order valence-corrected chi connectivity index (χ3v) is 3.28. The fourth-order valence-electron chi connectivity index (χ4n) is 2.20. The molecule has 1 rings (SSSR count). The molecule has 0 aromatic rings. The van der Waals surface area contributed by atoms with Gasteiger partial charge in [-0.1, -0.05) is 20.3 Å². The number of aliphatic imine (C=N–C) groups is 1. The Kier molecular flexibility index (Phi) is 5.51. The van der Waals surface area contributed by atoms with E-state index in [9.17, 15) is 0 Å². The Morgan fingerprint density at radius 3 is 2.47 bits per heavy atom. The zero-order valence-electron chi connectivity index (χ0n) is 10.1. The van der Waals surface area contributed by atoms with E-state index in [2.05, 4.69) is 24.2 Å². The molecule has 0 bridgehead atoms. The van der Waals surface area contributed by atoms with E-state index in [1.54, 1.807) is 0 Å². The van der Waals surface area contributed by atoms with Crippen molar-refractivity contribution in [3.8, 4) is 0 Å². The van der Waals surface area contributed by atoms with Gasteiger partial charge in [-0.25, -0.2) is 0 Å². The van der Waals surface area contributed by atoms with Crippen LogP contribution in [0.1, 0.15) is 52.4 Å². The Balaban J connectivity index is 2.23. The maximum atomic E-state index is 5.80. The maximum absolute atomic E-state index is 5.80. The van der Waals surface area contributed by atoms with Crippen LogP contribution in [0.5, 0.6) is 0 Å². The molecule has 88 valence electrons. The molecule has 3 N–H and O–H groups in total. The van der Waals surface area contributed by atoms with E-state index in [1.807, 2.05) is 0 Å². The SMILES string of the molecule is CCCN=C(N)NC1CCC(CC)CC1. The fourth-order valence-corrected chi connectivity index (χ4v) is 2.20. The van der Waals surface area contributed by atoms with Crippen LogP contribution < -0.4 is 11.1 Å². The zero-order valence-corrected chi connectivity index (χ0v) is 10.1. The van der Waals surface area contributed by atoms with Gasteiger partial charge >= 0.3 is 0 Å². The van der Waals surface area contributed by atoms with Gasteiger partial charge in [0.15, 0.2) is 5.96 Å². The predicted octanol–water partition coefficient (Wildman–Crippen LogP) is 2.27. The molecule has 0 aliphatic heterocycles. The highest BCUT2D eigenvalue weighted by Crippen LogP contribution is 2.26. The molecule has 0 atom stereocenters. The van der Waals surface area contributed by atoms with Crippen LogP contribution in [-0.2, 0) is 0 Å². The lowest BCUT2D eigenvalue weighted by atomic mass is 9.85. The molecular formula is C12H25N3. The lowest BCUT2D eigenvalue weighted by molar-refractivity contribution is 0.305. The highest BCUT2D eigenvalue weighted by Gasteiger charge is 2.19. The molecule has 1 aliphatic rings. The summed E-state index contributed by atoms with van der Waals surface area (Å²) in [7, 11) is 0. The molecule has 0 aromatic carbocycles. The summed E-state index contributed by atoms with van der Waals surface area (Å²) in [6, 6.07) is 0.563. The fraction of sp³-hybridized carbons (Fsp3) is 0.917. The minimum atomic E-state index is 0.563. The molecule has 1 fully saturated rings. The minimum Gasteiger partial charge on any atom is -0.370 e. The first-order chi connectivity index (χ1) is 7.26. The number of hydrogen-bond acceptors (Lipinski definition) is 1. The largest absolute Gasteiger partial charge is 0.370 e. The first kappa shape index (κ1) is 12.3. The van der Waals surface area contributed by atoms with Crippen LogP contribution in [0, 0.1) is 5.92 Å². The number of nitrogens with zero attached hydrogens (tertiary/aromatic N) is 1. The van der Waals surface area contributed by atoms with Crippen molar-refractivity contribution in [2.45, 2.75) is 58.4 Å². The topological polar surface area (TPSA) is 50.4 Å². The summed E-state index contributed by atoms with van der Waals surface area (Å²) >= 11 is 0. The molecule has 0 spiro atoms. The molecular weight excluding hydrogens is 186 g/mol. The summed E-state index contributed by atoms with van der Waals surface area (Å²) in [6.45, 7) is 5.24. The summed E-state index contributed by atoms with van der Waals surface area (Å²) < 4.78 is 0. The molecule has 0 saturated heterocycles.